The monoisotopic (exact) mass is 274 g/mol. The zero-order valence-electron chi connectivity index (χ0n) is 11.4. The van der Waals surface area contributed by atoms with E-state index in [0.717, 1.165) is 0 Å². The van der Waals surface area contributed by atoms with Crippen molar-refractivity contribution in [2.75, 3.05) is 38.5 Å². The lowest BCUT2D eigenvalue weighted by atomic mass is 10.1. The van der Waals surface area contributed by atoms with Crippen molar-refractivity contribution < 1.29 is 0 Å². The molecule has 0 amide bonds. The average Bonchev–Trinajstić information content (AvgIpc) is 3.01. The smallest absolute Gasteiger partial charge is 0.0303 e. The van der Waals surface area contributed by atoms with Crippen LogP contribution in [0.15, 0.2) is 41.4 Å². The third kappa shape index (κ3) is 3.54. The summed E-state index contributed by atoms with van der Waals surface area (Å²) in [5, 5.41) is 2.36. The van der Waals surface area contributed by atoms with Crippen LogP contribution >= 0.6 is 11.8 Å². The van der Waals surface area contributed by atoms with Crippen LogP contribution in [-0.4, -0.2) is 48.3 Å². The van der Waals surface area contributed by atoms with E-state index in [1.54, 1.807) is 5.70 Å². The van der Waals surface area contributed by atoms with Gasteiger partial charge in [0.25, 0.3) is 0 Å². The zero-order chi connectivity index (χ0) is 12.9. The molecule has 2 aliphatic rings. The summed E-state index contributed by atoms with van der Waals surface area (Å²) in [5.74, 6) is 1.28. The Hall–Kier alpha value is -0.930. The van der Waals surface area contributed by atoms with Gasteiger partial charge in [0, 0.05) is 44.2 Å². The number of thioether (sulfide) groups is 1. The molecule has 0 atom stereocenters. The van der Waals surface area contributed by atoms with Crippen LogP contribution < -0.4 is 0 Å². The second kappa shape index (κ2) is 6.49. The molecule has 2 aliphatic heterocycles. The van der Waals surface area contributed by atoms with E-state index in [9.17, 15) is 0 Å². The molecule has 1 aromatic rings. The SMILES string of the molecule is C1=C(N2CCN(CCc3ccccc3)CC2)CCS1. The minimum absolute atomic E-state index is 1.18. The van der Waals surface area contributed by atoms with Gasteiger partial charge < -0.3 is 4.90 Å². The van der Waals surface area contributed by atoms with E-state index in [2.05, 4.69) is 45.5 Å². The Morgan fingerprint density at radius 2 is 1.79 bits per heavy atom. The molecule has 0 aliphatic carbocycles. The molecule has 102 valence electrons. The Bertz CT molecular complexity index is 422. The molecule has 1 aromatic carbocycles. The standard InChI is InChI=1S/C16H22N2S/c1-2-4-15(5-3-1)6-8-17-9-11-18(12-10-17)16-7-13-19-14-16/h1-5,14H,6-13H2. The van der Waals surface area contributed by atoms with Crippen molar-refractivity contribution in [1.29, 1.82) is 0 Å². The van der Waals surface area contributed by atoms with Crippen molar-refractivity contribution in [2.45, 2.75) is 12.8 Å². The Balaban J connectivity index is 1.43. The number of hydrogen-bond donors (Lipinski definition) is 0. The van der Waals surface area contributed by atoms with Crippen molar-refractivity contribution in [3.63, 3.8) is 0 Å². The van der Waals surface area contributed by atoms with Gasteiger partial charge in [0.05, 0.1) is 0 Å². The van der Waals surface area contributed by atoms with Gasteiger partial charge in [-0.1, -0.05) is 30.3 Å². The Labute approximate surface area is 120 Å². The lowest BCUT2D eigenvalue weighted by Gasteiger charge is -2.36. The summed E-state index contributed by atoms with van der Waals surface area (Å²) in [5.41, 5.74) is 3.03. The third-order valence-corrected chi connectivity index (χ3v) is 4.91. The third-order valence-electron chi connectivity index (χ3n) is 4.03. The number of allylic oxidation sites excluding steroid dienone is 1. The molecule has 0 aromatic heterocycles. The minimum atomic E-state index is 1.18. The van der Waals surface area contributed by atoms with Crippen LogP contribution in [0, 0.1) is 0 Å². The van der Waals surface area contributed by atoms with Crippen molar-refractivity contribution in [3.05, 3.63) is 47.0 Å². The maximum Gasteiger partial charge on any atom is 0.0303 e. The highest BCUT2D eigenvalue weighted by Gasteiger charge is 2.19. The lowest BCUT2D eigenvalue weighted by Crippen LogP contribution is -2.46. The van der Waals surface area contributed by atoms with E-state index in [0.29, 0.717) is 0 Å². The first-order valence-corrected chi connectivity index (χ1v) is 8.28. The maximum atomic E-state index is 2.60. The first kappa shape index (κ1) is 13.1. The van der Waals surface area contributed by atoms with Gasteiger partial charge >= 0.3 is 0 Å². The largest absolute Gasteiger partial charge is 0.372 e. The number of hydrogen-bond acceptors (Lipinski definition) is 3. The number of nitrogens with zero attached hydrogens (tertiary/aromatic N) is 2. The highest BCUT2D eigenvalue weighted by Crippen LogP contribution is 2.25. The van der Waals surface area contributed by atoms with Gasteiger partial charge in [0.2, 0.25) is 0 Å². The molecule has 1 fully saturated rings. The summed E-state index contributed by atoms with van der Waals surface area (Å²) in [4.78, 5) is 5.19. The number of benzene rings is 1. The average molecular weight is 274 g/mol. The molecule has 3 rings (SSSR count). The van der Waals surface area contributed by atoms with Gasteiger partial charge in [0.15, 0.2) is 0 Å². The van der Waals surface area contributed by atoms with Gasteiger partial charge in [-0.15, -0.1) is 11.8 Å². The fourth-order valence-corrected chi connectivity index (χ4v) is 3.70. The molecule has 19 heavy (non-hydrogen) atoms. The van der Waals surface area contributed by atoms with Crippen molar-refractivity contribution in [3.8, 4) is 0 Å². The number of rotatable bonds is 4. The molecule has 0 N–H and O–H groups in total. The Kier molecular flexibility index (Phi) is 4.46. The summed E-state index contributed by atoms with van der Waals surface area (Å²) >= 11 is 1.97. The molecular formula is C16H22N2S. The second-order valence-corrected chi connectivity index (χ2v) is 6.27. The summed E-state index contributed by atoms with van der Waals surface area (Å²) in [7, 11) is 0. The van der Waals surface area contributed by atoms with E-state index in [4.69, 9.17) is 0 Å². The van der Waals surface area contributed by atoms with Crippen LogP contribution in [0.5, 0.6) is 0 Å². The summed E-state index contributed by atoms with van der Waals surface area (Å²) in [6.45, 7) is 6.05. The molecule has 0 unspecified atom stereocenters. The van der Waals surface area contributed by atoms with Crippen LogP contribution in [0.3, 0.4) is 0 Å². The zero-order valence-corrected chi connectivity index (χ0v) is 12.2. The number of piperazine rings is 1. The van der Waals surface area contributed by atoms with Crippen molar-refractivity contribution in [1.82, 2.24) is 9.80 Å². The van der Waals surface area contributed by atoms with Gasteiger partial charge in [-0.05, 0) is 23.8 Å². The predicted octanol–water partition coefficient (Wildman–Crippen LogP) is 2.83. The van der Waals surface area contributed by atoms with Crippen LogP contribution in [0.1, 0.15) is 12.0 Å². The molecule has 2 heterocycles. The molecular weight excluding hydrogens is 252 g/mol. The van der Waals surface area contributed by atoms with Crippen molar-refractivity contribution >= 4 is 11.8 Å². The fourth-order valence-electron chi connectivity index (χ4n) is 2.80. The molecule has 3 heteroatoms. The molecule has 0 bridgehead atoms. The first-order valence-electron chi connectivity index (χ1n) is 7.24. The van der Waals surface area contributed by atoms with E-state index < -0.39 is 0 Å². The second-order valence-electron chi connectivity index (χ2n) is 5.29. The predicted molar refractivity (Wildman–Crippen MR) is 83.3 cm³/mol. The van der Waals surface area contributed by atoms with Crippen LogP contribution in [0.2, 0.25) is 0 Å². The molecule has 0 saturated carbocycles. The van der Waals surface area contributed by atoms with Crippen LogP contribution in [-0.2, 0) is 6.42 Å². The summed E-state index contributed by atoms with van der Waals surface area (Å²) in [6.07, 6.45) is 2.45. The molecule has 2 nitrogen and oxygen atoms in total. The summed E-state index contributed by atoms with van der Waals surface area (Å²) in [6, 6.07) is 10.8. The van der Waals surface area contributed by atoms with Gasteiger partial charge in [-0.3, -0.25) is 4.90 Å². The van der Waals surface area contributed by atoms with Crippen molar-refractivity contribution in [2.24, 2.45) is 0 Å². The van der Waals surface area contributed by atoms with E-state index >= 15 is 0 Å². The van der Waals surface area contributed by atoms with Gasteiger partial charge in [-0.25, -0.2) is 0 Å². The fraction of sp³-hybridized carbons (Fsp3) is 0.500. The van der Waals surface area contributed by atoms with Crippen LogP contribution in [0.25, 0.3) is 0 Å². The normalized spacial score (nSPS) is 20.6. The molecule has 0 spiro atoms. The quantitative estimate of drug-likeness (QED) is 0.833. The molecule has 1 saturated heterocycles. The Morgan fingerprint density at radius 3 is 2.47 bits per heavy atom. The Morgan fingerprint density at radius 1 is 1.00 bits per heavy atom. The highest BCUT2D eigenvalue weighted by atomic mass is 32.2. The summed E-state index contributed by atoms with van der Waals surface area (Å²) < 4.78 is 0. The van der Waals surface area contributed by atoms with E-state index in [1.165, 1.54) is 56.9 Å². The van der Waals surface area contributed by atoms with E-state index in [-0.39, 0.29) is 0 Å². The first-order chi connectivity index (χ1) is 9.42. The topological polar surface area (TPSA) is 6.48 Å². The van der Waals surface area contributed by atoms with Gasteiger partial charge in [-0.2, -0.15) is 0 Å². The van der Waals surface area contributed by atoms with Crippen LogP contribution in [0.4, 0.5) is 0 Å². The molecule has 0 radical (unpaired) electrons. The van der Waals surface area contributed by atoms with Gasteiger partial charge in [0.1, 0.15) is 0 Å². The minimum Gasteiger partial charge on any atom is -0.372 e. The lowest BCUT2D eigenvalue weighted by molar-refractivity contribution is 0.158. The highest BCUT2D eigenvalue weighted by molar-refractivity contribution is 8.02. The maximum absolute atomic E-state index is 2.60. The van der Waals surface area contributed by atoms with E-state index in [1.807, 2.05) is 11.8 Å².